The minimum Gasteiger partial charge on any atom is -0.369 e. The molecule has 4 rings (SSSR count). The van der Waals surface area contributed by atoms with Crippen LogP contribution in [-0.2, 0) is 0 Å². The Kier molecular flexibility index (Phi) is 5.43. The summed E-state index contributed by atoms with van der Waals surface area (Å²) in [5, 5.41) is 3.39. The van der Waals surface area contributed by atoms with Crippen molar-refractivity contribution < 1.29 is 0 Å². The lowest BCUT2D eigenvalue weighted by Gasteiger charge is -2.34. The Morgan fingerprint density at radius 2 is 1.52 bits per heavy atom. The molecule has 0 spiro atoms. The summed E-state index contributed by atoms with van der Waals surface area (Å²) in [6.07, 6.45) is 3.82. The lowest BCUT2D eigenvalue weighted by molar-refractivity contribution is 0.313. The Morgan fingerprint density at radius 3 is 2.22 bits per heavy atom. The highest BCUT2D eigenvalue weighted by Crippen LogP contribution is 2.23. The maximum absolute atomic E-state index is 4.76. The van der Waals surface area contributed by atoms with Crippen molar-refractivity contribution in [1.82, 2.24) is 14.9 Å². The van der Waals surface area contributed by atoms with E-state index in [1.807, 2.05) is 6.92 Å². The number of hydrogen-bond donors (Lipinski definition) is 1. The van der Waals surface area contributed by atoms with E-state index in [0.717, 1.165) is 56.5 Å². The second kappa shape index (κ2) is 8.13. The number of likely N-dealkylation sites (N-methyl/N-ethyl adjacent to an activating group) is 1. The molecule has 0 atom stereocenters. The molecule has 0 aliphatic carbocycles. The average Bonchev–Trinajstić information content (AvgIpc) is 2.69. The Bertz CT molecular complexity index is 746. The van der Waals surface area contributed by atoms with Crippen molar-refractivity contribution >= 4 is 23.1 Å². The summed E-state index contributed by atoms with van der Waals surface area (Å²) in [5.74, 6) is 1.72. The van der Waals surface area contributed by atoms with E-state index < -0.39 is 0 Å². The summed E-state index contributed by atoms with van der Waals surface area (Å²) in [6.45, 7) is 8.64. The van der Waals surface area contributed by atoms with E-state index in [-0.39, 0.29) is 0 Å². The number of hydrogen-bond acceptors (Lipinski definition) is 6. The molecule has 2 fully saturated rings. The first-order valence-corrected chi connectivity index (χ1v) is 10.1. The first-order chi connectivity index (χ1) is 13.2. The van der Waals surface area contributed by atoms with Gasteiger partial charge in [0.25, 0.3) is 0 Å². The second-order valence-corrected chi connectivity index (χ2v) is 7.70. The summed E-state index contributed by atoms with van der Waals surface area (Å²) in [4.78, 5) is 16.5. The number of rotatable bonds is 4. The van der Waals surface area contributed by atoms with Crippen molar-refractivity contribution in [1.29, 1.82) is 0 Å². The van der Waals surface area contributed by atoms with Crippen LogP contribution in [0.1, 0.15) is 25.0 Å². The van der Waals surface area contributed by atoms with Crippen LogP contribution in [0.2, 0.25) is 0 Å². The van der Waals surface area contributed by atoms with Crippen molar-refractivity contribution in [2.75, 3.05) is 61.4 Å². The summed E-state index contributed by atoms with van der Waals surface area (Å²) >= 11 is 0. The van der Waals surface area contributed by atoms with Gasteiger partial charge in [-0.1, -0.05) is 0 Å². The highest BCUT2D eigenvalue weighted by Gasteiger charge is 2.15. The van der Waals surface area contributed by atoms with Gasteiger partial charge in [0.15, 0.2) is 0 Å². The number of anilines is 4. The van der Waals surface area contributed by atoms with Crippen LogP contribution in [0.15, 0.2) is 30.3 Å². The third-order valence-corrected chi connectivity index (χ3v) is 5.51. The maximum Gasteiger partial charge on any atom is 0.229 e. The van der Waals surface area contributed by atoms with Gasteiger partial charge in [-0.15, -0.1) is 0 Å². The molecule has 2 saturated heterocycles. The van der Waals surface area contributed by atoms with Crippen molar-refractivity contribution in [3.8, 4) is 0 Å². The van der Waals surface area contributed by atoms with E-state index in [9.17, 15) is 0 Å². The van der Waals surface area contributed by atoms with Crippen LogP contribution in [0.25, 0.3) is 0 Å². The van der Waals surface area contributed by atoms with Gasteiger partial charge in [0.2, 0.25) is 5.95 Å². The fourth-order valence-electron chi connectivity index (χ4n) is 3.84. The summed E-state index contributed by atoms with van der Waals surface area (Å²) < 4.78 is 0. The molecule has 0 radical (unpaired) electrons. The molecule has 1 aromatic carbocycles. The third-order valence-electron chi connectivity index (χ3n) is 5.51. The Hall–Kier alpha value is -2.34. The summed E-state index contributed by atoms with van der Waals surface area (Å²) in [6, 6.07) is 10.7. The van der Waals surface area contributed by atoms with Crippen LogP contribution in [0.4, 0.5) is 23.1 Å². The van der Waals surface area contributed by atoms with E-state index in [2.05, 4.69) is 62.4 Å². The van der Waals surface area contributed by atoms with Crippen LogP contribution in [0, 0.1) is 6.92 Å². The SMILES string of the molecule is Cc1cc(N2CCCCC2)nc(Nc2ccc(N3CCN(C)CC3)cc2)n1. The molecule has 1 aromatic heterocycles. The predicted molar refractivity (Wildman–Crippen MR) is 112 cm³/mol. The quantitative estimate of drug-likeness (QED) is 0.896. The molecular formula is C21H30N6. The van der Waals surface area contributed by atoms with Gasteiger partial charge in [-0.05, 0) is 57.5 Å². The Balaban J connectivity index is 1.45. The molecule has 1 N–H and O–H groups in total. The molecule has 6 heteroatoms. The van der Waals surface area contributed by atoms with Gasteiger partial charge in [-0.2, -0.15) is 4.98 Å². The number of aryl methyl sites for hydroxylation is 1. The van der Waals surface area contributed by atoms with E-state index in [4.69, 9.17) is 4.98 Å². The largest absolute Gasteiger partial charge is 0.369 e. The molecule has 2 aliphatic rings. The minimum absolute atomic E-state index is 0.683. The topological polar surface area (TPSA) is 47.5 Å². The van der Waals surface area contributed by atoms with Gasteiger partial charge in [0, 0.05) is 62.4 Å². The molecular weight excluding hydrogens is 336 g/mol. The molecule has 0 bridgehead atoms. The predicted octanol–water partition coefficient (Wildman–Crippen LogP) is 3.27. The van der Waals surface area contributed by atoms with Crippen LogP contribution in [0.3, 0.4) is 0 Å². The van der Waals surface area contributed by atoms with Crippen molar-refractivity contribution in [2.45, 2.75) is 26.2 Å². The van der Waals surface area contributed by atoms with Gasteiger partial charge < -0.3 is 20.0 Å². The van der Waals surface area contributed by atoms with Crippen LogP contribution in [0.5, 0.6) is 0 Å². The van der Waals surface area contributed by atoms with Crippen LogP contribution >= 0.6 is 0 Å². The minimum atomic E-state index is 0.683. The summed E-state index contributed by atoms with van der Waals surface area (Å²) in [7, 11) is 2.18. The molecule has 3 heterocycles. The highest BCUT2D eigenvalue weighted by molar-refractivity contribution is 5.60. The van der Waals surface area contributed by atoms with E-state index in [1.165, 1.54) is 24.9 Å². The lowest BCUT2D eigenvalue weighted by Crippen LogP contribution is -2.44. The smallest absolute Gasteiger partial charge is 0.229 e. The summed E-state index contributed by atoms with van der Waals surface area (Å²) in [5.41, 5.74) is 3.32. The van der Waals surface area contributed by atoms with Crippen LogP contribution < -0.4 is 15.1 Å². The van der Waals surface area contributed by atoms with Crippen LogP contribution in [-0.4, -0.2) is 61.2 Å². The molecule has 144 valence electrons. The molecule has 0 saturated carbocycles. The third kappa shape index (κ3) is 4.50. The van der Waals surface area contributed by atoms with Crippen molar-refractivity contribution in [3.05, 3.63) is 36.0 Å². The van der Waals surface area contributed by atoms with Gasteiger partial charge in [0.1, 0.15) is 5.82 Å². The normalized spacial score (nSPS) is 18.6. The van der Waals surface area contributed by atoms with Gasteiger partial charge in [-0.25, -0.2) is 4.98 Å². The average molecular weight is 367 g/mol. The second-order valence-electron chi connectivity index (χ2n) is 7.70. The first-order valence-electron chi connectivity index (χ1n) is 10.1. The van der Waals surface area contributed by atoms with E-state index >= 15 is 0 Å². The van der Waals surface area contributed by atoms with E-state index in [0.29, 0.717) is 5.95 Å². The van der Waals surface area contributed by atoms with Crippen molar-refractivity contribution in [2.24, 2.45) is 0 Å². The fraction of sp³-hybridized carbons (Fsp3) is 0.524. The lowest BCUT2D eigenvalue weighted by atomic mass is 10.1. The number of piperazine rings is 1. The Morgan fingerprint density at radius 1 is 0.815 bits per heavy atom. The van der Waals surface area contributed by atoms with Crippen molar-refractivity contribution in [3.63, 3.8) is 0 Å². The zero-order valence-corrected chi connectivity index (χ0v) is 16.5. The van der Waals surface area contributed by atoms with Gasteiger partial charge in [0.05, 0.1) is 0 Å². The number of aromatic nitrogens is 2. The number of nitrogens with zero attached hydrogens (tertiary/aromatic N) is 5. The number of piperidine rings is 1. The monoisotopic (exact) mass is 366 g/mol. The zero-order chi connectivity index (χ0) is 18.6. The molecule has 2 aliphatic heterocycles. The number of nitrogens with one attached hydrogen (secondary N) is 1. The van der Waals surface area contributed by atoms with Gasteiger partial charge >= 0.3 is 0 Å². The molecule has 27 heavy (non-hydrogen) atoms. The zero-order valence-electron chi connectivity index (χ0n) is 16.5. The first kappa shape index (κ1) is 18.0. The molecule has 6 nitrogen and oxygen atoms in total. The molecule has 0 amide bonds. The highest BCUT2D eigenvalue weighted by atomic mass is 15.3. The molecule has 2 aromatic rings. The Labute approximate surface area is 162 Å². The standard InChI is InChI=1S/C21H30N6/c1-17-16-20(27-10-4-3-5-11-27)24-21(22-17)23-18-6-8-19(9-7-18)26-14-12-25(2)13-15-26/h6-9,16H,3-5,10-15H2,1-2H3,(H,22,23,24). The number of benzene rings is 1. The van der Waals surface area contributed by atoms with Gasteiger partial charge in [-0.3, -0.25) is 0 Å². The fourth-order valence-corrected chi connectivity index (χ4v) is 3.84. The van der Waals surface area contributed by atoms with E-state index in [1.54, 1.807) is 0 Å². The maximum atomic E-state index is 4.76. The molecule has 0 unspecified atom stereocenters.